The van der Waals surface area contributed by atoms with Crippen molar-refractivity contribution < 1.29 is 19.6 Å². The zero-order chi connectivity index (χ0) is 15.6. The molecule has 0 saturated carbocycles. The lowest BCUT2D eigenvalue weighted by Gasteiger charge is -2.38. The van der Waals surface area contributed by atoms with Crippen LogP contribution in [0.2, 0.25) is 0 Å². The summed E-state index contributed by atoms with van der Waals surface area (Å²) in [6.07, 6.45) is 1.60. The number of ether oxygens (including phenoxy) is 1. The van der Waals surface area contributed by atoms with Gasteiger partial charge in [0.2, 0.25) is 0 Å². The van der Waals surface area contributed by atoms with Crippen LogP contribution in [0.4, 0.5) is 11.4 Å². The van der Waals surface area contributed by atoms with E-state index < -0.39 is 16.9 Å². The molecular weight excluding hydrogens is 276 g/mol. The van der Waals surface area contributed by atoms with E-state index in [2.05, 4.69) is 0 Å². The molecule has 2 rings (SSSR count). The van der Waals surface area contributed by atoms with Crippen molar-refractivity contribution in [3.8, 4) is 5.75 Å². The van der Waals surface area contributed by atoms with Gasteiger partial charge in [0.1, 0.15) is 11.7 Å². The molecule has 1 aromatic carbocycles. The first kappa shape index (κ1) is 15.1. The summed E-state index contributed by atoms with van der Waals surface area (Å²) in [6, 6.07) is 3.96. The highest BCUT2D eigenvalue weighted by Crippen LogP contribution is 2.40. The van der Waals surface area contributed by atoms with E-state index >= 15 is 0 Å². The van der Waals surface area contributed by atoms with Gasteiger partial charge >= 0.3 is 11.7 Å². The minimum absolute atomic E-state index is 0.0675. The van der Waals surface area contributed by atoms with Crippen molar-refractivity contribution in [1.29, 1.82) is 0 Å². The molecule has 7 nitrogen and oxygen atoms in total. The predicted octanol–water partition coefficient (Wildman–Crippen LogP) is 2.29. The summed E-state index contributed by atoms with van der Waals surface area (Å²) in [6.45, 7) is 2.34. The standard InChI is InChI=1S/C14H18N2O5/c1-9-5-4-8-15(12(9)14(17)18)10-6-3-7-11(21-2)13(10)16(19)20/h3,6-7,9,12H,4-5,8H2,1-2H3,(H,17,18). The fraction of sp³-hybridized carbons (Fsp3) is 0.500. The van der Waals surface area contributed by atoms with Gasteiger partial charge in [-0.25, -0.2) is 4.79 Å². The van der Waals surface area contributed by atoms with Crippen LogP contribution in [0.25, 0.3) is 0 Å². The van der Waals surface area contributed by atoms with E-state index in [0.29, 0.717) is 12.2 Å². The molecule has 0 aliphatic carbocycles. The largest absolute Gasteiger partial charge is 0.490 e. The molecule has 1 aliphatic rings. The van der Waals surface area contributed by atoms with Gasteiger partial charge in [-0.3, -0.25) is 10.1 Å². The average Bonchev–Trinajstić information content (AvgIpc) is 2.45. The van der Waals surface area contributed by atoms with Crippen LogP contribution in [0, 0.1) is 16.0 Å². The molecule has 1 aliphatic heterocycles. The summed E-state index contributed by atoms with van der Waals surface area (Å²) < 4.78 is 5.04. The van der Waals surface area contributed by atoms with Crippen LogP contribution in [-0.2, 0) is 4.79 Å². The Morgan fingerprint density at radius 2 is 2.24 bits per heavy atom. The number of nitrogens with zero attached hydrogens (tertiary/aromatic N) is 2. The topological polar surface area (TPSA) is 92.9 Å². The number of carboxylic acids is 1. The van der Waals surface area contributed by atoms with Crippen molar-refractivity contribution in [3.05, 3.63) is 28.3 Å². The van der Waals surface area contributed by atoms with Crippen LogP contribution < -0.4 is 9.64 Å². The molecule has 0 spiro atoms. The number of nitro groups is 1. The Bertz CT molecular complexity index is 560. The molecular formula is C14H18N2O5. The van der Waals surface area contributed by atoms with Gasteiger partial charge in [-0.1, -0.05) is 13.0 Å². The van der Waals surface area contributed by atoms with Crippen molar-refractivity contribution in [2.75, 3.05) is 18.6 Å². The second kappa shape index (κ2) is 5.99. The van der Waals surface area contributed by atoms with E-state index in [-0.39, 0.29) is 17.4 Å². The maximum atomic E-state index is 11.5. The van der Waals surface area contributed by atoms with Crippen molar-refractivity contribution in [2.24, 2.45) is 5.92 Å². The van der Waals surface area contributed by atoms with Gasteiger partial charge in [-0.05, 0) is 30.9 Å². The number of benzene rings is 1. The number of piperidine rings is 1. The van der Waals surface area contributed by atoms with Crippen LogP contribution in [0.3, 0.4) is 0 Å². The molecule has 7 heteroatoms. The number of carboxylic acid groups (broad SMARTS) is 1. The van der Waals surface area contributed by atoms with Gasteiger partial charge in [-0.15, -0.1) is 0 Å². The highest BCUT2D eigenvalue weighted by molar-refractivity contribution is 5.82. The quantitative estimate of drug-likeness (QED) is 0.676. The van der Waals surface area contributed by atoms with E-state index in [9.17, 15) is 20.0 Å². The summed E-state index contributed by atoms with van der Waals surface area (Å²) in [5, 5.41) is 20.8. The molecule has 0 amide bonds. The Hall–Kier alpha value is -2.31. The number of para-hydroxylation sites is 1. The molecule has 0 aromatic heterocycles. The Kier molecular flexibility index (Phi) is 4.30. The smallest absolute Gasteiger partial charge is 0.333 e. The van der Waals surface area contributed by atoms with E-state index in [1.165, 1.54) is 13.2 Å². The molecule has 114 valence electrons. The third-order valence-corrected chi connectivity index (χ3v) is 3.88. The molecule has 2 unspecified atom stereocenters. The molecule has 1 N–H and O–H groups in total. The maximum absolute atomic E-state index is 11.5. The highest BCUT2D eigenvalue weighted by atomic mass is 16.6. The zero-order valence-corrected chi connectivity index (χ0v) is 12.0. The first-order valence-electron chi connectivity index (χ1n) is 6.78. The monoisotopic (exact) mass is 294 g/mol. The fourth-order valence-electron chi connectivity index (χ4n) is 2.93. The summed E-state index contributed by atoms with van der Waals surface area (Å²) in [5.41, 5.74) is 0.124. The zero-order valence-electron chi connectivity index (χ0n) is 12.0. The van der Waals surface area contributed by atoms with E-state index in [0.717, 1.165) is 12.8 Å². The fourth-order valence-corrected chi connectivity index (χ4v) is 2.93. The minimum atomic E-state index is -0.959. The third kappa shape index (κ3) is 2.76. The van der Waals surface area contributed by atoms with Gasteiger partial charge in [0.25, 0.3) is 0 Å². The third-order valence-electron chi connectivity index (χ3n) is 3.88. The second-order valence-corrected chi connectivity index (χ2v) is 5.18. The number of anilines is 1. The maximum Gasteiger partial charge on any atom is 0.333 e. The number of rotatable bonds is 4. The van der Waals surface area contributed by atoms with Crippen molar-refractivity contribution in [3.63, 3.8) is 0 Å². The number of nitro benzene ring substituents is 1. The first-order chi connectivity index (χ1) is 9.97. The van der Waals surface area contributed by atoms with Crippen LogP contribution in [0.5, 0.6) is 5.75 Å². The van der Waals surface area contributed by atoms with E-state index in [4.69, 9.17) is 4.74 Å². The molecule has 1 fully saturated rings. The van der Waals surface area contributed by atoms with Crippen LogP contribution in [-0.4, -0.2) is 35.7 Å². The van der Waals surface area contributed by atoms with Crippen LogP contribution in [0.1, 0.15) is 19.8 Å². The molecule has 21 heavy (non-hydrogen) atoms. The molecule has 1 heterocycles. The summed E-state index contributed by atoms with van der Waals surface area (Å²) in [4.78, 5) is 24.0. The van der Waals surface area contributed by atoms with Gasteiger partial charge in [0.15, 0.2) is 5.75 Å². The number of hydrogen-bond donors (Lipinski definition) is 1. The van der Waals surface area contributed by atoms with Gasteiger partial charge in [0.05, 0.1) is 12.0 Å². The Labute approximate surface area is 122 Å². The Morgan fingerprint density at radius 3 is 2.81 bits per heavy atom. The molecule has 1 aromatic rings. The second-order valence-electron chi connectivity index (χ2n) is 5.18. The summed E-state index contributed by atoms with van der Waals surface area (Å²) >= 11 is 0. The lowest BCUT2D eigenvalue weighted by molar-refractivity contribution is -0.385. The molecule has 0 radical (unpaired) electrons. The van der Waals surface area contributed by atoms with Gasteiger partial charge in [-0.2, -0.15) is 0 Å². The molecule has 2 atom stereocenters. The van der Waals surface area contributed by atoms with Crippen molar-refractivity contribution in [2.45, 2.75) is 25.8 Å². The summed E-state index contributed by atoms with van der Waals surface area (Å²) in [5.74, 6) is -0.888. The predicted molar refractivity (Wildman–Crippen MR) is 76.8 cm³/mol. The lowest BCUT2D eigenvalue weighted by atomic mass is 9.90. The molecule has 1 saturated heterocycles. The first-order valence-corrected chi connectivity index (χ1v) is 6.78. The average molecular weight is 294 g/mol. The van der Waals surface area contributed by atoms with Gasteiger partial charge in [0, 0.05) is 6.54 Å². The van der Waals surface area contributed by atoms with E-state index in [1.807, 2.05) is 6.92 Å². The molecule has 0 bridgehead atoms. The highest BCUT2D eigenvalue weighted by Gasteiger charge is 2.38. The van der Waals surface area contributed by atoms with Crippen LogP contribution >= 0.6 is 0 Å². The number of carbonyl (C=O) groups is 1. The van der Waals surface area contributed by atoms with E-state index in [1.54, 1.807) is 17.0 Å². The summed E-state index contributed by atoms with van der Waals surface area (Å²) in [7, 11) is 1.36. The lowest BCUT2D eigenvalue weighted by Crippen LogP contribution is -2.49. The SMILES string of the molecule is COc1cccc(N2CCCC(C)C2C(=O)O)c1[N+](=O)[O-]. The van der Waals surface area contributed by atoms with Crippen molar-refractivity contribution in [1.82, 2.24) is 0 Å². The normalized spacial score (nSPS) is 21.9. The van der Waals surface area contributed by atoms with Crippen LogP contribution in [0.15, 0.2) is 18.2 Å². The number of methoxy groups -OCH3 is 1. The number of hydrogen-bond acceptors (Lipinski definition) is 5. The van der Waals surface area contributed by atoms with Gasteiger partial charge < -0.3 is 14.7 Å². The van der Waals surface area contributed by atoms with Crippen molar-refractivity contribution >= 4 is 17.3 Å². The Morgan fingerprint density at radius 1 is 1.52 bits per heavy atom. The Balaban J connectivity index is 2.53. The number of aliphatic carboxylic acids is 1. The minimum Gasteiger partial charge on any atom is -0.490 e.